The molecule has 0 heterocycles. The molecule has 1 atom stereocenters. The predicted octanol–water partition coefficient (Wildman–Crippen LogP) is 1.92. The molecule has 0 aromatic heterocycles. The Morgan fingerprint density at radius 3 is 2.82 bits per heavy atom. The second-order valence-corrected chi connectivity index (χ2v) is 3.93. The second kappa shape index (κ2) is 7.14. The van der Waals surface area contributed by atoms with Crippen LogP contribution in [-0.2, 0) is 11.3 Å². The van der Waals surface area contributed by atoms with Crippen molar-refractivity contribution in [3.05, 3.63) is 23.8 Å². The van der Waals surface area contributed by atoms with Crippen LogP contribution < -0.4 is 10.1 Å². The van der Waals surface area contributed by atoms with E-state index < -0.39 is 0 Å². The number of benzene rings is 1. The molecule has 4 nitrogen and oxygen atoms in total. The Balaban J connectivity index is 2.61. The van der Waals surface area contributed by atoms with E-state index in [-0.39, 0.29) is 11.8 Å². The minimum absolute atomic E-state index is 0.214. The first kappa shape index (κ1) is 13.8. The number of hydrogen-bond acceptors (Lipinski definition) is 4. The van der Waals surface area contributed by atoms with Gasteiger partial charge in [0, 0.05) is 25.3 Å². The van der Waals surface area contributed by atoms with Crippen molar-refractivity contribution in [2.75, 3.05) is 20.3 Å². The van der Waals surface area contributed by atoms with Crippen molar-refractivity contribution in [2.24, 2.45) is 0 Å². The molecule has 4 heteroatoms. The van der Waals surface area contributed by atoms with Gasteiger partial charge >= 0.3 is 0 Å². The van der Waals surface area contributed by atoms with Crippen LogP contribution in [0.2, 0.25) is 0 Å². The molecule has 0 saturated heterocycles. The van der Waals surface area contributed by atoms with Crippen LogP contribution in [0, 0.1) is 0 Å². The Morgan fingerprint density at radius 1 is 1.41 bits per heavy atom. The number of para-hydroxylation sites is 1. The number of hydrogen-bond donors (Lipinski definition) is 2. The highest BCUT2D eigenvalue weighted by Gasteiger charge is 2.08. The number of ether oxygens (including phenoxy) is 2. The fraction of sp³-hybridized carbons (Fsp3) is 0.538. The lowest BCUT2D eigenvalue weighted by atomic mass is 10.1. The van der Waals surface area contributed by atoms with Gasteiger partial charge in [0.2, 0.25) is 0 Å². The Morgan fingerprint density at radius 2 is 2.18 bits per heavy atom. The van der Waals surface area contributed by atoms with Crippen LogP contribution in [0.1, 0.15) is 19.4 Å². The lowest BCUT2D eigenvalue weighted by Crippen LogP contribution is -2.29. The van der Waals surface area contributed by atoms with E-state index in [4.69, 9.17) is 9.47 Å². The van der Waals surface area contributed by atoms with Crippen molar-refractivity contribution in [2.45, 2.75) is 26.4 Å². The first-order valence-corrected chi connectivity index (χ1v) is 5.85. The van der Waals surface area contributed by atoms with Gasteiger partial charge in [-0.3, -0.25) is 0 Å². The number of methoxy groups -OCH3 is 1. The van der Waals surface area contributed by atoms with E-state index >= 15 is 0 Å². The Hall–Kier alpha value is -1.26. The highest BCUT2D eigenvalue weighted by Crippen LogP contribution is 2.29. The lowest BCUT2D eigenvalue weighted by Gasteiger charge is -2.14. The van der Waals surface area contributed by atoms with Crippen LogP contribution in [0.4, 0.5) is 0 Å². The predicted molar refractivity (Wildman–Crippen MR) is 67.5 cm³/mol. The minimum atomic E-state index is 0.214. The normalized spacial score (nSPS) is 12.4. The summed E-state index contributed by atoms with van der Waals surface area (Å²) >= 11 is 0. The zero-order valence-corrected chi connectivity index (χ0v) is 10.7. The molecular weight excluding hydrogens is 218 g/mol. The van der Waals surface area contributed by atoms with Crippen LogP contribution in [0.25, 0.3) is 0 Å². The smallest absolute Gasteiger partial charge is 0.162 e. The summed E-state index contributed by atoms with van der Waals surface area (Å²) in [5.74, 6) is 0.748. The number of nitrogens with one attached hydrogen (secondary N) is 1. The van der Waals surface area contributed by atoms with Crippen molar-refractivity contribution in [3.63, 3.8) is 0 Å². The van der Waals surface area contributed by atoms with E-state index in [2.05, 4.69) is 5.32 Å². The summed E-state index contributed by atoms with van der Waals surface area (Å²) in [4.78, 5) is 0. The summed E-state index contributed by atoms with van der Waals surface area (Å²) in [5, 5.41) is 13.2. The van der Waals surface area contributed by atoms with E-state index in [1.54, 1.807) is 13.2 Å². The average molecular weight is 239 g/mol. The standard InChI is InChI=1S/C13H21NO3/c1-4-17-12-7-5-6-11(13(12)15)8-14-10(2)9-16-3/h5-7,10,14-15H,4,8-9H2,1-3H3. The van der Waals surface area contributed by atoms with Crippen LogP contribution >= 0.6 is 0 Å². The first-order valence-electron chi connectivity index (χ1n) is 5.85. The van der Waals surface area contributed by atoms with Crippen LogP contribution in [0.15, 0.2) is 18.2 Å². The number of aromatic hydroxyl groups is 1. The fourth-order valence-corrected chi connectivity index (χ4v) is 1.58. The van der Waals surface area contributed by atoms with Crippen molar-refractivity contribution in [1.82, 2.24) is 5.32 Å². The lowest BCUT2D eigenvalue weighted by molar-refractivity contribution is 0.171. The second-order valence-electron chi connectivity index (χ2n) is 3.93. The maximum absolute atomic E-state index is 9.97. The molecule has 0 aliphatic heterocycles. The molecule has 0 aliphatic rings. The Labute approximate surface area is 103 Å². The van der Waals surface area contributed by atoms with Gasteiger partial charge in [0.25, 0.3) is 0 Å². The van der Waals surface area contributed by atoms with Gasteiger partial charge < -0.3 is 19.9 Å². The van der Waals surface area contributed by atoms with E-state index in [1.165, 1.54) is 0 Å². The van der Waals surface area contributed by atoms with Gasteiger partial charge in [-0.1, -0.05) is 12.1 Å². The Kier molecular flexibility index (Phi) is 5.80. The molecule has 1 rings (SSSR count). The van der Waals surface area contributed by atoms with Gasteiger partial charge in [-0.2, -0.15) is 0 Å². The largest absolute Gasteiger partial charge is 0.504 e. The minimum Gasteiger partial charge on any atom is -0.504 e. The topological polar surface area (TPSA) is 50.7 Å². The van der Waals surface area contributed by atoms with Gasteiger partial charge in [0.15, 0.2) is 11.5 Å². The molecule has 0 radical (unpaired) electrons. The average Bonchev–Trinajstić information content (AvgIpc) is 2.31. The SMILES string of the molecule is CCOc1cccc(CNC(C)COC)c1O. The molecule has 0 saturated carbocycles. The monoisotopic (exact) mass is 239 g/mol. The summed E-state index contributed by atoms with van der Waals surface area (Å²) < 4.78 is 10.4. The molecule has 0 spiro atoms. The van der Waals surface area contributed by atoms with Crippen LogP contribution in [0.5, 0.6) is 11.5 Å². The first-order chi connectivity index (χ1) is 8.19. The highest BCUT2D eigenvalue weighted by molar-refractivity contribution is 5.45. The van der Waals surface area contributed by atoms with Crippen LogP contribution in [0.3, 0.4) is 0 Å². The van der Waals surface area contributed by atoms with Crippen LogP contribution in [-0.4, -0.2) is 31.5 Å². The third kappa shape index (κ3) is 4.24. The zero-order valence-electron chi connectivity index (χ0n) is 10.7. The molecule has 1 aromatic carbocycles. The van der Waals surface area contributed by atoms with Gasteiger partial charge in [-0.15, -0.1) is 0 Å². The van der Waals surface area contributed by atoms with Gasteiger partial charge in [-0.25, -0.2) is 0 Å². The van der Waals surface area contributed by atoms with E-state index in [1.807, 2.05) is 26.0 Å². The molecular formula is C13H21NO3. The summed E-state index contributed by atoms with van der Waals surface area (Å²) in [6.45, 7) is 5.71. The summed E-state index contributed by atoms with van der Waals surface area (Å²) in [7, 11) is 1.67. The fourth-order valence-electron chi connectivity index (χ4n) is 1.58. The molecule has 1 unspecified atom stereocenters. The van der Waals surface area contributed by atoms with Crippen molar-refractivity contribution >= 4 is 0 Å². The third-order valence-corrected chi connectivity index (χ3v) is 2.44. The van der Waals surface area contributed by atoms with Gasteiger partial charge in [-0.05, 0) is 19.9 Å². The van der Waals surface area contributed by atoms with E-state index in [9.17, 15) is 5.11 Å². The molecule has 1 aromatic rings. The molecule has 17 heavy (non-hydrogen) atoms. The quantitative estimate of drug-likeness (QED) is 0.763. The molecule has 0 aliphatic carbocycles. The van der Waals surface area contributed by atoms with E-state index in [0.29, 0.717) is 25.5 Å². The summed E-state index contributed by atoms with van der Waals surface area (Å²) in [6, 6.07) is 5.77. The molecule has 0 bridgehead atoms. The summed E-state index contributed by atoms with van der Waals surface area (Å²) in [5.41, 5.74) is 0.832. The Bertz CT molecular complexity index is 341. The molecule has 0 amide bonds. The van der Waals surface area contributed by atoms with Crippen molar-refractivity contribution in [1.29, 1.82) is 0 Å². The molecule has 2 N–H and O–H groups in total. The number of phenolic OH excluding ortho intramolecular Hbond substituents is 1. The molecule has 0 fully saturated rings. The van der Waals surface area contributed by atoms with E-state index in [0.717, 1.165) is 5.56 Å². The van der Waals surface area contributed by atoms with Crippen molar-refractivity contribution < 1.29 is 14.6 Å². The third-order valence-electron chi connectivity index (χ3n) is 2.44. The van der Waals surface area contributed by atoms with Gasteiger partial charge in [0.05, 0.1) is 13.2 Å². The zero-order chi connectivity index (χ0) is 12.7. The maximum atomic E-state index is 9.97. The van der Waals surface area contributed by atoms with Gasteiger partial charge in [0.1, 0.15) is 0 Å². The summed E-state index contributed by atoms with van der Waals surface area (Å²) in [6.07, 6.45) is 0. The number of rotatable bonds is 7. The van der Waals surface area contributed by atoms with Crippen molar-refractivity contribution in [3.8, 4) is 11.5 Å². The molecule has 96 valence electrons. The number of phenols is 1. The maximum Gasteiger partial charge on any atom is 0.162 e. The highest BCUT2D eigenvalue weighted by atomic mass is 16.5.